The zero-order chi connectivity index (χ0) is 7.28. The molecule has 9 heavy (non-hydrogen) atoms. The Kier molecular flexibility index (Phi) is 4.10. The van der Waals surface area contributed by atoms with Crippen LogP contribution in [-0.2, 0) is 4.74 Å². The molecule has 0 unspecified atom stereocenters. The highest BCUT2D eigenvalue weighted by atomic mass is 19.1. The molecule has 0 rings (SSSR count). The number of methoxy groups -OCH3 is 1. The van der Waals surface area contributed by atoms with E-state index in [1.807, 2.05) is 13.8 Å². The van der Waals surface area contributed by atoms with Crippen LogP contribution in [0.3, 0.4) is 0 Å². The lowest BCUT2D eigenvalue weighted by molar-refractivity contribution is 0.200. The fourth-order valence-corrected chi connectivity index (χ4v) is 0.412. The summed E-state index contributed by atoms with van der Waals surface area (Å²) < 4.78 is 16.4. The Bertz CT molecular complexity index is 97.1. The third-order valence-corrected chi connectivity index (χ3v) is 0.945. The summed E-state index contributed by atoms with van der Waals surface area (Å²) in [6.45, 7) is 4.05. The summed E-state index contributed by atoms with van der Waals surface area (Å²) in [5.74, 6) is 0.492. The van der Waals surface area contributed by atoms with Gasteiger partial charge in [-0.3, -0.25) is 0 Å². The zero-order valence-corrected chi connectivity index (χ0v) is 6.15. The van der Waals surface area contributed by atoms with Gasteiger partial charge in [-0.25, -0.2) is 0 Å². The summed E-state index contributed by atoms with van der Waals surface area (Å²) in [6.07, 6.45) is 2.18. The Morgan fingerprint density at radius 1 is 1.67 bits per heavy atom. The number of allylic oxidation sites excluding steroid dienone is 1. The van der Waals surface area contributed by atoms with E-state index < -0.39 is 6.01 Å². The number of ether oxygens (including phenoxy) is 1. The molecule has 0 aliphatic heterocycles. The maximum Gasteiger partial charge on any atom is 0.268 e. The summed E-state index contributed by atoms with van der Waals surface area (Å²) in [6, 6.07) is -0.483. The van der Waals surface area contributed by atoms with Crippen LogP contribution < -0.4 is 0 Å². The highest BCUT2D eigenvalue weighted by molar-refractivity contribution is 4.82. The summed E-state index contributed by atoms with van der Waals surface area (Å²) in [5.41, 5.74) is 0. The van der Waals surface area contributed by atoms with Crippen LogP contribution in [0.25, 0.3) is 0 Å². The minimum absolute atomic E-state index is 0.483. The monoisotopic (exact) mass is 132 g/mol. The summed E-state index contributed by atoms with van der Waals surface area (Å²) >= 11 is 0. The Balaban J connectivity index is 3.43. The molecule has 0 aliphatic rings. The van der Waals surface area contributed by atoms with E-state index in [0.717, 1.165) is 6.42 Å². The molecule has 0 fully saturated rings. The quantitative estimate of drug-likeness (QED) is 0.536. The van der Waals surface area contributed by atoms with E-state index in [1.54, 1.807) is 0 Å². The molecule has 0 aliphatic carbocycles. The lowest BCUT2D eigenvalue weighted by atomic mass is 10.1. The first-order valence-corrected chi connectivity index (χ1v) is 3.06. The van der Waals surface area contributed by atoms with Gasteiger partial charge in [0, 0.05) is 0 Å². The van der Waals surface area contributed by atoms with Gasteiger partial charge < -0.3 is 4.74 Å². The smallest absolute Gasteiger partial charge is 0.268 e. The van der Waals surface area contributed by atoms with Crippen LogP contribution in [0.5, 0.6) is 0 Å². The molecule has 0 heterocycles. The molecule has 0 spiro atoms. The predicted octanol–water partition coefficient (Wildman–Crippen LogP) is 2.49. The maximum atomic E-state index is 12.1. The molecule has 0 N–H and O–H groups in total. The number of hydrogen-bond acceptors (Lipinski definition) is 1. The molecule has 2 heteroatoms. The van der Waals surface area contributed by atoms with Crippen LogP contribution in [0.2, 0.25) is 0 Å². The van der Waals surface area contributed by atoms with Gasteiger partial charge in [0.05, 0.1) is 7.11 Å². The molecule has 54 valence electrons. The van der Waals surface area contributed by atoms with Gasteiger partial charge in [0.15, 0.2) is 0 Å². The molecule has 0 bridgehead atoms. The molecular formula is C7H13FO. The van der Waals surface area contributed by atoms with Gasteiger partial charge in [-0.2, -0.15) is 4.39 Å². The Morgan fingerprint density at radius 3 is 2.56 bits per heavy atom. The molecular weight excluding hydrogens is 119 g/mol. The van der Waals surface area contributed by atoms with Crippen molar-refractivity contribution in [2.45, 2.75) is 20.3 Å². The van der Waals surface area contributed by atoms with Gasteiger partial charge in [0.2, 0.25) is 0 Å². The van der Waals surface area contributed by atoms with Crippen molar-refractivity contribution in [1.82, 2.24) is 0 Å². The van der Waals surface area contributed by atoms with Crippen molar-refractivity contribution in [2.24, 2.45) is 5.92 Å². The first-order valence-electron chi connectivity index (χ1n) is 3.06. The van der Waals surface area contributed by atoms with Crippen molar-refractivity contribution in [3.8, 4) is 0 Å². The lowest BCUT2D eigenvalue weighted by Crippen LogP contribution is -1.84. The second-order valence-corrected chi connectivity index (χ2v) is 2.34. The van der Waals surface area contributed by atoms with E-state index >= 15 is 0 Å². The number of rotatable bonds is 3. The van der Waals surface area contributed by atoms with Gasteiger partial charge in [-0.15, -0.1) is 0 Å². The van der Waals surface area contributed by atoms with Gasteiger partial charge in [-0.1, -0.05) is 13.8 Å². The zero-order valence-electron chi connectivity index (χ0n) is 6.15. The first-order chi connectivity index (χ1) is 4.16. The molecule has 0 aromatic heterocycles. The highest BCUT2D eigenvalue weighted by Crippen LogP contribution is 2.05. The Morgan fingerprint density at radius 2 is 2.22 bits per heavy atom. The fraction of sp³-hybridized carbons (Fsp3) is 0.714. The molecule has 0 amide bonds. The molecule has 0 radical (unpaired) electrons. The third-order valence-electron chi connectivity index (χ3n) is 0.945. The second kappa shape index (κ2) is 4.36. The second-order valence-electron chi connectivity index (χ2n) is 2.34. The SMILES string of the molecule is COC(F)=CCC(C)C. The minimum Gasteiger partial charge on any atom is -0.474 e. The molecule has 0 aromatic carbocycles. The predicted molar refractivity (Wildman–Crippen MR) is 35.7 cm³/mol. The van der Waals surface area contributed by atoms with Gasteiger partial charge in [-0.05, 0) is 18.4 Å². The number of hydrogen-bond donors (Lipinski definition) is 0. The van der Waals surface area contributed by atoms with Gasteiger partial charge in [0.25, 0.3) is 6.01 Å². The maximum absolute atomic E-state index is 12.1. The van der Waals surface area contributed by atoms with Crippen molar-refractivity contribution in [3.63, 3.8) is 0 Å². The van der Waals surface area contributed by atoms with Crippen LogP contribution in [0, 0.1) is 5.92 Å². The standard InChI is InChI=1S/C7H13FO/c1-6(2)4-5-7(8)9-3/h5-6H,4H2,1-3H3. The molecule has 0 saturated heterocycles. The van der Waals surface area contributed by atoms with Crippen molar-refractivity contribution in [3.05, 3.63) is 12.1 Å². The van der Waals surface area contributed by atoms with Crippen LogP contribution in [-0.4, -0.2) is 7.11 Å². The topological polar surface area (TPSA) is 9.23 Å². The van der Waals surface area contributed by atoms with Crippen molar-refractivity contribution in [2.75, 3.05) is 7.11 Å². The summed E-state index contributed by atoms with van der Waals surface area (Å²) in [7, 11) is 1.33. The van der Waals surface area contributed by atoms with Crippen LogP contribution in [0.4, 0.5) is 4.39 Å². The van der Waals surface area contributed by atoms with Gasteiger partial charge >= 0.3 is 0 Å². The average Bonchev–Trinajstić information content (AvgIpc) is 1.83. The normalized spacial score (nSPS) is 12.3. The van der Waals surface area contributed by atoms with Crippen LogP contribution >= 0.6 is 0 Å². The van der Waals surface area contributed by atoms with Crippen LogP contribution in [0.1, 0.15) is 20.3 Å². The summed E-state index contributed by atoms with van der Waals surface area (Å²) in [4.78, 5) is 0. The Hall–Kier alpha value is -0.530. The lowest BCUT2D eigenvalue weighted by Gasteiger charge is -1.97. The molecule has 0 atom stereocenters. The van der Waals surface area contributed by atoms with E-state index in [4.69, 9.17) is 0 Å². The first kappa shape index (κ1) is 8.47. The van der Waals surface area contributed by atoms with E-state index in [-0.39, 0.29) is 0 Å². The van der Waals surface area contributed by atoms with E-state index in [2.05, 4.69) is 4.74 Å². The molecule has 1 nitrogen and oxygen atoms in total. The van der Waals surface area contributed by atoms with Crippen molar-refractivity contribution < 1.29 is 9.13 Å². The molecule has 0 saturated carbocycles. The average molecular weight is 132 g/mol. The fourth-order valence-electron chi connectivity index (χ4n) is 0.412. The van der Waals surface area contributed by atoms with Gasteiger partial charge in [0.1, 0.15) is 0 Å². The summed E-state index contributed by atoms with van der Waals surface area (Å²) in [5, 5.41) is 0. The largest absolute Gasteiger partial charge is 0.474 e. The highest BCUT2D eigenvalue weighted by Gasteiger charge is 1.92. The third kappa shape index (κ3) is 5.34. The van der Waals surface area contributed by atoms with E-state index in [9.17, 15) is 4.39 Å². The van der Waals surface area contributed by atoms with Crippen molar-refractivity contribution >= 4 is 0 Å². The van der Waals surface area contributed by atoms with E-state index in [0.29, 0.717) is 5.92 Å². The minimum atomic E-state index is -0.483. The van der Waals surface area contributed by atoms with E-state index in [1.165, 1.54) is 13.2 Å². The van der Waals surface area contributed by atoms with Crippen LogP contribution in [0.15, 0.2) is 12.1 Å². The Labute approximate surface area is 55.5 Å². The van der Waals surface area contributed by atoms with Crippen molar-refractivity contribution in [1.29, 1.82) is 0 Å². The number of halogens is 1. The molecule has 0 aromatic rings.